The van der Waals surface area contributed by atoms with Gasteiger partial charge in [0, 0.05) is 0 Å². The van der Waals surface area contributed by atoms with Crippen LogP contribution in [0.25, 0.3) is 0 Å². The molecule has 0 spiro atoms. The van der Waals surface area contributed by atoms with E-state index in [4.69, 9.17) is 28.9 Å². The lowest BCUT2D eigenvalue weighted by Gasteiger charge is -2.00. The number of nitrogen functional groups attached to an aromatic ring is 1. The zero-order valence-electron chi connectivity index (χ0n) is 5.36. The molecule has 0 radical (unpaired) electrons. The van der Waals surface area contributed by atoms with Crippen LogP contribution >= 0.6 is 23.2 Å². The van der Waals surface area contributed by atoms with Crippen LogP contribution in [0.4, 0.5) is 5.69 Å². The van der Waals surface area contributed by atoms with Crippen LogP contribution in [-0.2, 0) is 0 Å². The Kier molecular flexibility index (Phi) is 2.02. The topological polar surface area (TPSA) is 38.9 Å². The molecule has 1 rings (SSSR count). The average molecular weight is 177 g/mol. The van der Waals surface area contributed by atoms with Gasteiger partial charge in [0.2, 0.25) is 0 Å². The summed E-state index contributed by atoms with van der Waals surface area (Å²) >= 11 is 11.2. The molecule has 54 valence electrons. The van der Waals surface area contributed by atoms with Gasteiger partial charge in [0.1, 0.15) is 5.15 Å². The van der Waals surface area contributed by atoms with E-state index in [0.29, 0.717) is 21.6 Å². The lowest BCUT2D eigenvalue weighted by molar-refractivity contribution is 1.21. The molecule has 4 heteroatoms. The van der Waals surface area contributed by atoms with Crippen molar-refractivity contribution in [3.05, 3.63) is 21.9 Å². The van der Waals surface area contributed by atoms with Crippen molar-refractivity contribution in [3.8, 4) is 0 Å². The van der Waals surface area contributed by atoms with E-state index in [-0.39, 0.29) is 0 Å². The minimum Gasteiger partial charge on any atom is -0.396 e. The van der Waals surface area contributed by atoms with Gasteiger partial charge in [0.05, 0.1) is 16.4 Å². The fraction of sp³-hybridized carbons (Fsp3) is 0.167. The van der Waals surface area contributed by atoms with Crippen LogP contribution < -0.4 is 5.73 Å². The maximum atomic E-state index is 5.67. The molecule has 0 aliphatic rings. The highest BCUT2D eigenvalue weighted by Crippen LogP contribution is 2.23. The molecule has 1 aromatic heterocycles. The van der Waals surface area contributed by atoms with Gasteiger partial charge in [-0.25, -0.2) is 4.98 Å². The maximum absolute atomic E-state index is 5.67. The highest BCUT2D eigenvalue weighted by atomic mass is 35.5. The Balaban J connectivity index is 3.31. The number of halogens is 2. The number of aromatic nitrogens is 1. The largest absolute Gasteiger partial charge is 0.396 e. The first-order chi connectivity index (χ1) is 4.61. The van der Waals surface area contributed by atoms with Crippen molar-refractivity contribution < 1.29 is 0 Å². The molecule has 0 aliphatic carbocycles. The minimum absolute atomic E-state index is 0.372. The molecular formula is C6H6Cl2N2. The molecule has 0 aliphatic heterocycles. The fourth-order valence-electron chi connectivity index (χ4n) is 0.608. The summed E-state index contributed by atoms with van der Waals surface area (Å²) in [6.07, 6.45) is 0. The van der Waals surface area contributed by atoms with Crippen LogP contribution in [-0.4, -0.2) is 4.98 Å². The summed E-state index contributed by atoms with van der Waals surface area (Å²) < 4.78 is 0. The number of anilines is 1. The normalized spacial score (nSPS) is 9.90. The SMILES string of the molecule is Cc1nc(Cl)cc(Cl)c1N. The lowest BCUT2D eigenvalue weighted by atomic mass is 10.3. The van der Waals surface area contributed by atoms with Gasteiger partial charge in [-0.2, -0.15) is 0 Å². The van der Waals surface area contributed by atoms with Crippen molar-refractivity contribution in [2.24, 2.45) is 0 Å². The van der Waals surface area contributed by atoms with E-state index in [1.807, 2.05) is 0 Å². The first-order valence-electron chi connectivity index (χ1n) is 2.69. The van der Waals surface area contributed by atoms with E-state index in [1.165, 1.54) is 6.07 Å². The van der Waals surface area contributed by atoms with Crippen LogP contribution in [0.1, 0.15) is 5.69 Å². The summed E-state index contributed by atoms with van der Waals surface area (Å²) in [4.78, 5) is 3.89. The molecule has 1 aromatic rings. The van der Waals surface area contributed by atoms with Crippen LogP contribution in [0.15, 0.2) is 6.07 Å². The van der Waals surface area contributed by atoms with Crippen molar-refractivity contribution in [1.29, 1.82) is 0 Å². The average Bonchev–Trinajstić information content (AvgIpc) is 1.82. The predicted molar refractivity (Wildman–Crippen MR) is 43.4 cm³/mol. The van der Waals surface area contributed by atoms with E-state index >= 15 is 0 Å². The maximum Gasteiger partial charge on any atom is 0.130 e. The highest BCUT2D eigenvalue weighted by molar-refractivity contribution is 6.35. The Hall–Kier alpha value is -0.470. The molecule has 1 heterocycles. The van der Waals surface area contributed by atoms with Crippen molar-refractivity contribution in [2.45, 2.75) is 6.92 Å². The molecule has 10 heavy (non-hydrogen) atoms. The standard InChI is InChI=1S/C6H6Cl2N2/c1-3-6(9)4(7)2-5(8)10-3/h2H,9H2,1H3. The number of rotatable bonds is 0. The smallest absolute Gasteiger partial charge is 0.130 e. The van der Waals surface area contributed by atoms with Crippen molar-refractivity contribution >= 4 is 28.9 Å². The third kappa shape index (κ3) is 1.33. The number of aryl methyl sites for hydroxylation is 1. The van der Waals surface area contributed by atoms with Crippen molar-refractivity contribution in [3.63, 3.8) is 0 Å². The summed E-state index contributed by atoms with van der Waals surface area (Å²) in [5, 5.41) is 0.828. The third-order valence-electron chi connectivity index (χ3n) is 1.17. The minimum atomic E-state index is 0.372. The second-order valence-corrected chi connectivity index (χ2v) is 2.72. The monoisotopic (exact) mass is 176 g/mol. The van der Waals surface area contributed by atoms with Gasteiger partial charge in [-0.15, -0.1) is 0 Å². The van der Waals surface area contributed by atoms with Crippen molar-refractivity contribution in [1.82, 2.24) is 4.98 Å². The molecule has 0 saturated heterocycles. The highest BCUT2D eigenvalue weighted by Gasteiger charge is 2.01. The number of pyridine rings is 1. The zero-order valence-corrected chi connectivity index (χ0v) is 6.87. The molecule has 0 saturated carbocycles. The summed E-state index contributed by atoms with van der Waals surface area (Å²) in [5.41, 5.74) is 6.65. The fourth-order valence-corrected chi connectivity index (χ4v) is 1.14. The van der Waals surface area contributed by atoms with Gasteiger partial charge in [0.25, 0.3) is 0 Å². The molecule has 0 unspecified atom stereocenters. The van der Waals surface area contributed by atoms with Crippen LogP contribution in [0.2, 0.25) is 10.2 Å². The molecule has 0 bridgehead atoms. The number of hydrogen-bond donors (Lipinski definition) is 1. The van der Waals surface area contributed by atoms with Gasteiger partial charge >= 0.3 is 0 Å². The van der Waals surface area contributed by atoms with Gasteiger partial charge in [0.15, 0.2) is 0 Å². The second-order valence-electron chi connectivity index (χ2n) is 1.93. The molecule has 0 amide bonds. The van der Waals surface area contributed by atoms with Gasteiger partial charge < -0.3 is 5.73 Å². The van der Waals surface area contributed by atoms with Crippen molar-refractivity contribution in [2.75, 3.05) is 5.73 Å². The van der Waals surface area contributed by atoms with E-state index < -0.39 is 0 Å². The van der Waals surface area contributed by atoms with Crippen LogP contribution in [0.5, 0.6) is 0 Å². The number of hydrogen-bond acceptors (Lipinski definition) is 2. The summed E-state index contributed by atoms with van der Waals surface area (Å²) in [5.74, 6) is 0. The quantitative estimate of drug-likeness (QED) is 0.617. The first kappa shape index (κ1) is 7.63. The van der Waals surface area contributed by atoms with E-state index in [0.717, 1.165) is 0 Å². The molecule has 0 atom stereocenters. The van der Waals surface area contributed by atoms with Gasteiger partial charge in [-0.05, 0) is 13.0 Å². The Labute approximate surface area is 69.0 Å². The Morgan fingerprint density at radius 1 is 1.50 bits per heavy atom. The third-order valence-corrected chi connectivity index (χ3v) is 1.67. The predicted octanol–water partition coefficient (Wildman–Crippen LogP) is 2.28. The van der Waals surface area contributed by atoms with E-state index in [1.54, 1.807) is 6.92 Å². The molecule has 2 nitrogen and oxygen atoms in total. The number of nitrogens with zero attached hydrogens (tertiary/aromatic N) is 1. The van der Waals surface area contributed by atoms with Crippen LogP contribution in [0, 0.1) is 6.92 Å². The van der Waals surface area contributed by atoms with Crippen LogP contribution in [0.3, 0.4) is 0 Å². The Bertz CT molecular complexity index is 237. The summed E-state index contributed by atoms with van der Waals surface area (Å²) in [6, 6.07) is 1.52. The Morgan fingerprint density at radius 3 is 2.60 bits per heavy atom. The summed E-state index contributed by atoms with van der Waals surface area (Å²) in [6.45, 7) is 1.76. The molecule has 0 fully saturated rings. The van der Waals surface area contributed by atoms with E-state index in [2.05, 4.69) is 4.98 Å². The lowest BCUT2D eigenvalue weighted by Crippen LogP contribution is -1.93. The summed E-state index contributed by atoms with van der Waals surface area (Å²) in [7, 11) is 0. The second kappa shape index (κ2) is 2.64. The molecule has 2 N–H and O–H groups in total. The first-order valence-corrected chi connectivity index (χ1v) is 3.45. The Morgan fingerprint density at radius 2 is 2.10 bits per heavy atom. The van der Waals surface area contributed by atoms with E-state index in [9.17, 15) is 0 Å². The zero-order chi connectivity index (χ0) is 7.72. The van der Waals surface area contributed by atoms with Gasteiger partial charge in [-0.3, -0.25) is 0 Å². The molecular weight excluding hydrogens is 171 g/mol. The number of nitrogens with two attached hydrogens (primary N) is 1. The van der Waals surface area contributed by atoms with Gasteiger partial charge in [-0.1, -0.05) is 23.2 Å². The molecule has 0 aromatic carbocycles.